The van der Waals surface area contributed by atoms with Crippen molar-refractivity contribution in [3.63, 3.8) is 0 Å². The predicted molar refractivity (Wildman–Crippen MR) is 117 cm³/mol. The second-order valence-electron chi connectivity index (χ2n) is 6.05. The van der Waals surface area contributed by atoms with Crippen molar-refractivity contribution < 1.29 is 9.47 Å². The average Bonchev–Trinajstić information content (AvgIpc) is 3.07. The van der Waals surface area contributed by atoms with E-state index in [2.05, 4.69) is 38.7 Å². The first-order chi connectivity index (χ1) is 13.7. The van der Waals surface area contributed by atoms with Gasteiger partial charge in [-0.3, -0.25) is 5.43 Å². The summed E-state index contributed by atoms with van der Waals surface area (Å²) in [5.74, 6) is 1.63. The van der Waals surface area contributed by atoms with Gasteiger partial charge in [0.2, 0.25) is 0 Å². The number of hydrogen-bond donors (Lipinski definition) is 2. The van der Waals surface area contributed by atoms with E-state index in [1.54, 1.807) is 13.3 Å². The van der Waals surface area contributed by atoms with Crippen LogP contribution in [-0.4, -0.2) is 36.2 Å². The summed E-state index contributed by atoms with van der Waals surface area (Å²) in [6.07, 6.45) is 3.86. The first-order valence-electron chi connectivity index (χ1n) is 9.13. The molecule has 3 rings (SSSR count). The van der Waals surface area contributed by atoms with Crippen LogP contribution >= 0.6 is 12.2 Å². The number of aromatic nitrogens is 1. The molecule has 0 aliphatic carbocycles. The number of ether oxygens (including phenoxy) is 2. The average molecular weight is 397 g/mol. The first kappa shape index (κ1) is 19.7. The van der Waals surface area contributed by atoms with Crippen LogP contribution in [0.2, 0.25) is 0 Å². The fourth-order valence-electron chi connectivity index (χ4n) is 2.86. The van der Waals surface area contributed by atoms with Crippen LogP contribution in [0.3, 0.4) is 0 Å². The highest BCUT2D eigenvalue weighted by molar-refractivity contribution is 7.80. The second kappa shape index (κ2) is 9.75. The van der Waals surface area contributed by atoms with Crippen LogP contribution in [0.25, 0.3) is 10.9 Å². The Balaban J connectivity index is 1.67. The number of para-hydroxylation sites is 1. The molecule has 1 aromatic heterocycles. The van der Waals surface area contributed by atoms with E-state index in [1.165, 1.54) is 0 Å². The predicted octanol–water partition coefficient (Wildman–Crippen LogP) is 3.55. The molecule has 0 aliphatic heterocycles. The summed E-state index contributed by atoms with van der Waals surface area (Å²) in [4.78, 5) is 0. The Morgan fingerprint density at radius 2 is 1.89 bits per heavy atom. The SMILES string of the molecule is CCNC(=S)N/N=C\c1cn(CCOc2ccc(OC)cc2)c2ccccc12. The molecule has 2 aromatic carbocycles. The van der Waals surface area contributed by atoms with Crippen LogP contribution in [0.15, 0.2) is 59.8 Å². The van der Waals surface area contributed by atoms with Gasteiger partial charge in [-0.1, -0.05) is 18.2 Å². The van der Waals surface area contributed by atoms with Crippen molar-refractivity contribution in [1.82, 2.24) is 15.3 Å². The summed E-state index contributed by atoms with van der Waals surface area (Å²) in [5.41, 5.74) is 4.98. The lowest BCUT2D eigenvalue weighted by Gasteiger charge is -2.09. The van der Waals surface area contributed by atoms with E-state index < -0.39 is 0 Å². The smallest absolute Gasteiger partial charge is 0.186 e. The molecule has 0 saturated carbocycles. The van der Waals surface area contributed by atoms with Gasteiger partial charge in [-0.25, -0.2) is 0 Å². The van der Waals surface area contributed by atoms with Gasteiger partial charge < -0.3 is 19.4 Å². The number of rotatable bonds is 8. The van der Waals surface area contributed by atoms with Crippen LogP contribution in [0, 0.1) is 0 Å². The van der Waals surface area contributed by atoms with E-state index in [0.29, 0.717) is 11.7 Å². The molecular formula is C21H24N4O2S. The summed E-state index contributed by atoms with van der Waals surface area (Å²) >= 11 is 5.12. The maximum Gasteiger partial charge on any atom is 0.186 e. The summed E-state index contributed by atoms with van der Waals surface area (Å²) < 4.78 is 13.2. The van der Waals surface area contributed by atoms with Crippen molar-refractivity contribution >= 4 is 34.4 Å². The molecule has 0 amide bonds. The molecular weight excluding hydrogens is 372 g/mol. The van der Waals surface area contributed by atoms with Gasteiger partial charge >= 0.3 is 0 Å². The number of benzene rings is 2. The fraction of sp³-hybridized carbons (Fsp3) is 0.238. The molecule has 6 nitrogen and oxygen atoms in total. The summed E-state index contributed by atoms with van der Waals surface area (Å²) in [5, 5.41) is 8.88. The molecule has 3 aromatic rings. The number of thiocarbonyl (C=S) groups is 1. The minimum Gasteiger partial charge on any atom is -0.497 e. The molecule has 0 unspecified atom stereocenters. The zero-order chi connectivity index (χ0) is 19.8. The summed E-state index contributed by atoms with van der Waals surface area (Å²) in [7, 11) is 1.65. The molecule has 28 heavy (non-hydrogen) atoms. The van der Waals surface area contributed by atoms with Gasteiger partial charge in [0.15, 0.2) is 5.11 Å². The Bertz CT molecular complexity index is 951. The van der Waals surface area contributed by atoms with E-state index >= 15 is 0 Å². The lowest BCUT2D eigenvalue weighted by Crippen LogP contribution is -2.31. The van der Waals surface area contributed by atoms with Gasteiger partial charge in [0.25, 0.3) is 0 Å². The molecule has 1 heterocycles. The number of nitrogens with zero attached hydrogens (tertiary/aromatic N) is 2. The van der Waals surface area contributed by atoms with Crippen molar-refractivity contribution in [3.8, 4) is 11.5 Å². The molecule has 2 N–H and O–H groups in total. The van der Waals surface area contributed by atoms with Gasteiger partial charge in [0, 0.05) is 29.2 Å². The standard InChI is InChI=1S/C21H24N4O2S/c1-3-22-21(28)24-23-14-16-15-25(20-7-5-4-6-19(16)20)12-13-27-18-10-8-17(26-2)9-11-18/h4-11,14-15H,3,12-13H2,1-2H3,(H2,22,24,28)/b23-14-. The number of hydrogen-bond acceptors (Lipinski definition) is 4. The van der Waals surface area contributed by atoms with Crippen LogP contribution in [-0.2, 0) is 6.54 Å². The molecule has 0 bridgehead atoms. The Hall–Kier alpha value is -3.06. The topological polar surface area (TPSA) is 59.8 Å². The molecule has 0 spiro atoms. The highest BCUT2D eigenvalue weighted by Crippen LogP contribution is 2.21. The lowest BCUT2D eigenvalue weighted by atomic mass is 10.2. The highest BCUT2D eigenvalue weighted by Gasteiger charge is 2.07. The largest absolute Gasteiger partial charge is 0.497 e. The normalized spacial score (nSPS) is 10.9. The molecule has 0 atom stereocenters. The first-order valence-corrected chi connectivity index (χ1v) is 9.53. The van der Waals surface area contributed by atoms with Crippen LogP contribution in [0.4, 0.5) is 0 Å². The van der Waals surface area contributed by atoms with Crippen molar-refractivity contribution in [2.75, 3.05) is 20.3 Å². The number of nitrogens with one attached hydrogen (secondary N) is 2. The van der Waals surface area contributed by atoms with Gasteiger partial charge in [-0.15, -0.1) is 0 Å². The van der Waals surface area contributed by atoms with E-state index in [0.717, 1.165) is 41.1 Å². The minimum atomic E-state index is 0.510. The number of methoxy groups -OCH3 is 1. The molecule has 0 radical (unpaired) electrons. The summed E-state index contributed by atoms with van der Waals surface area (Å²) in [6, 6.07) is 15.8. The van der Waals surface area contributed by atoms with E-state index in [4.69, 9.17) is 21.7 Å². The second-order valence-corrected chi connectivity index (χ2v) is 6.46. The van der Waals surface area contributed by atoms with Crippen LogP contribution < -0.4 is 20.2 Å². The molecule has 0 saturated heterocycles. The van der Waals surface area contributed by atoms with Crippen molar-refractivity contribution in [3.05, 3.63) is 60.3 Å². The van der Waals surface area contributed by atoms with Crippen molar-refractivity contribution in [2.24, 2.45) is 5.10 Å². The van der Waals surface area contributed by atoms with Crippen LogP contribution in [0.1, 0.15) is 12.5 Å². The van der Waals surface area contributed by atoms with Gasteiger partial charge in [-0.05, 0) is 49.5 Å². The maximum atomic E-state index is 5.86. The molecule has 0 aliphatic rings. The Morgan fingerprint density at radius 3 is 2.64 bits per heavy atom. The minimum absolute atomic E-state index is 0.510. The third-order valence-electron chi connectivity index (χ3n) is 4.19. The highest BCUT2D eigenvalue weighted by atomic mass is 32.1. The zero-order valence-electron chi connectivity index (χ0n) is 16.0. The van der Waals surface area contributed by atoms with Crippen molar-refractivity contribution in [2.45, 2.75) is 13.5 Å². The third-order valence-corrected chi connectivity index (χ3v) is 4.42. The number of hydrazone groups is 1. The molecule has 146 valence electrons. The number of fused-ring (bicyclic) bond motifs is 1. The van der Waals surface area contributed by atoms with Crippen LogP contribution in [0.5, 0.6) is 11.5 Å². The van der Waals surface area contributed by atoms with Gasteiger partial charge in [-0.2, -0.15) is 5.10 Å². The summed E-state index contributed by atoms with van der Waals surface area (Å²) in [6.45, 7) is 4.03. The Labute approximate surface area is 170 Å². The zero-order valence-corrected chi connectivity index (χ0v) is 16.8. The Kier molecular flexibility index (Phi) is 6.86. The third kappa shape index (κ3) is 5.01. The van der Waals surface area contributed by atoms with Crippen molar-refractivity contribution in [1.29, 1.82) is 0 Å². The van der Waals surface area contributed by atoms with E-state index in [9.17, 15) is 0 Å². The fourth-order valence-corrected chi connectivity index (χ4v) is 3.05. The van der Waals surface area contributed by atoms with E-state index in [-0.39, 0.29) is 0 Å². The molecule has 7 heteroatoms. The molecule has 0 fully saturated rings. The lowest BCUT2D eigenvalue weighted by molar-refractivity contribution is 0.300. The van der Waals surface area contributed by atoms with E-state index in [1.807, 2.05) is 43.3 Å². The monoisotopic (exact) mass is 396 g/mol. The maximum absolute atomic E-state index is 5.86. The Morgan fingerprint density at radius 1 is 1.14 bits per heavy atom. The van der Waals surface area contributed by atoms with Gasteiger partial charge in [0.05, 0.1) is 19.9 Å². The van der Waals surface area contributed by atoms with Gasteiger partial charge in [0.1, 0.15) is 18.1 Å². The quantitative estimate of drug-likeness (QED) is 0.346.